The van der Waals surface area contributed by atoms with Crippen molar-refractivity contribution in [2.75, 3.05) is 26.7 Å². The fourth-order valence-corrected chi connectivity index (χ4v) is 8.38. The summed E-state index contributed by atoms with van der Waals surface area (Å²) in [4.78, 5) is 1.23. The summed E-state index contributed by atoms with van der Waals surface area (Å²) in [6, 6.07) is 18.4. The Bertz CT molecular complexity index is 709. The van der Waals surface area contributed by atoms with Crippen molar-refractivity contribution in [2.45, 2.75) is 38.0 Å². The zero-order valence-corrected chi connectivity index (χ0v) is 18.5. The van der Waals surface area contributed by atoms with E-state index in [9.17, 15) is 13.2 Å². The summed E-state index contributed by atoms with van der Waals surface area (Å²) in [6.07, 6.45) is -4.36. The topological polar surface area (TPSA) is 38.5 Å². The highest BCUT2D eigenvalue weighted by atomic mass is 28.4. The minimum absolute atomic E-state index is 0.145. The number of hydrogen-bond acceptors (Lipinski definition) is 3. The van der Waals surface area contributed by atoms with Crippen LogP contribution in [0.3, 0.4) is 0 Å². The molecule has 2 rings (SSSR count). The molecule has 0 aromatic heterocycles. The summed E-state index contributed by atoms with van der Waals surface area (Å²) in [6.45, 7) is 6.28. The Hall–Kier alpha value is -1.67. The van der Waals surface area contributed by atoms with Gasteiger partial charge in [-0.05, 0) is 22.5 Å². The van der Waals surface area contributed by atoms with Crippen LogP contribution in [0.5, 0.6) is 0 Å². The lowest BCUT2D eigenvalue weighted by Crippen LogP contribution is -2.67. The maximum absolute atomic E-state index is 13.2. The Labute approximate surface area is 172 Å². The van der Waals surface area contributed by atoms with Crippen LogP contribution in [-0.2, 0) is 4.43 Å². The Morgan fingerprint density at radius 2 is 1.38 bits per heavy atom. The largest absolute Gasteiger partial charge is 0.406 e. The van der Waals surface area contributed by atoms with Crippen LogP contribution in [0.4, 0.5) is 13.2 Å². The van der Waals surface area contributed by atoms with Crippen molar-refractivity contribution in [1.82, 2.24) is 4.90 Å². The molecule has 0 fully saturated rings. The van der Waals surface area contributed by atoms with E-state index in [4.69, 9.17) is 10.2 Å². The maximum Gasteiger partial charge on any atom is 0.405 e. The zero-order chi connectivity index (χ0) is 21.7. The Kier molecular flexibility index (Phi) is 7.67. The van der Waals surface area contributed by atoms with Gasteiger partial charge in [0, 0.05) is 19.7 Å². The molecule has 2 aromatic carbocycles. The number of alkyl halides is 3. The first-order valence-electron chi connectivity index (χ1n) is 9.76. The predicted octanol–water partition coefficient (Wildman–Crippen LogP) is 3.38. The van der Waals surface area contributed by atoms with Gasteiger partial charge in [-0.15, -0.1) is 0 Å². The van der Waals surface area contributed by atoms with Crippen LogP contribution < -0.4 is 16.1 Å². The molecule has 160 valence electrons. The first-order chi connectivity index (χ1) is 13.5. The van der Waals surface area contributed by atoms with E-state index in [0.717, 1.165) is 10.4 Å². The second-order valence-electron chi connectivity index (χ2n) is 8.29. The maximum atomic E-state index is 13.2. The van der Waals surface area contributed by atoms with E-state index in [1.807, 2.05) is 36.4 Å². The average molecular weight is 425 g/mol. The van der Waals surface area contributed by atoms with Crippen LogP contribution in [0.2, 0.25) is 5.04 Å². The highest BCUT2D eigenvalue weighted by molar-refractivity contribution is 6.99. The van der Waals surface area contributed by atoms with Crippen LogP contribution in [0.25, 0.3) is 0 Å². The minimum atomic E-state index is -4.36. The van der Waals surface area contributed by atoms with E-state index >= 15 is 0 Å². The molecule has 1 unspecified atom stereocenters. The molecule has 0 radical (unpaired) electrons. The number of nitrogens with two attached hydrogens (primary N) is 1. The molecular formula is C22H31F3N2OSi. The predicted molar refractivity (Wildman–Crippen MR) is 115 cm³/mol. The first-order valence-corrected chi connectivity index (χ1v) is 11.7. The van der Waals surface area contributed by atoms with E-state index in [0.29, 0.717) is 0 Å². The second-order valence-corrected chi connectivity index (χ2v) is 12.6. The molecule has 0 aliphatic carbocycles. The fraction of sp³-hybridized carbons (Fsp3) is 0.455. The van der Waals surface area contributed by atoms with E-state index in [1.165, 1.54) is 11.9 Å². The van der Waals surface area contributed by atoms with Gasteiger partial charge in [-0.1, -0.05) is 81.4 Å². The number of nitrogens with zero attached hydrogens (tertiary/aromatic N) is 1. The molecule has 0 saturated carbocycles. The van der Waals surface area contributed by atoms with Crippen LogP contribution >= 0.6 is 0 Å². The third-order valence-corrected chi connectivity index (χ3v) is 10.4. The molecule has 0 bridgehead atoms. The summed E-state index contributed by atoms with van der Waals surface area (Å²) >= 11 is 0. The quantitative estimate of drug-likeness (QED) is 0.661. The molecule has 0 spiro atoms. The molecule has 3 nitrogen and oxygen atoms in total. The SMILES string of the molecule is CN(CCO[Si](c1ccccc1)(c1ccccc1)C(C)(C)C)C(CN)C(F)(F)F. The molecule has 1 atom stereocenters. The van der Waals surface area contributed by atoms with E-state index < -0.39 is 27.1 Å². The van der Waals surface area contributed by atoms with Gasteiger partial charge in [-0.3, -0.25) is 4.90 Å². The van der Waals surface area contributed by atoms with Gasteiger partial charge in [0.15, 0.2) is 0 Å². The Morgan fingerprint density at radius 1 is 0.931 bits per heavy atom. The Balaban J connectivity index is 2.37. The van der Waals surface area contributed by atoms with Crippen LogP contribution in [0.1, 0.15) is 20.8 Å². The highest BCUT2D eigenvalue weighted by Crippen LogP contribution is 2.36. The fourth-order valence-electron chi connectivity index (χ4n) is 3.82. The lowest BCUT2D eigenvalue weighted by Gasteiger charge is -2.43. The normalized spacial score (nSPS) is 14.2. The second kappa shape index (κ2) is 9.43. The summed E-state index contributed by atoms with van der Waals surface area (Å²) in [7, 11) is -1.30. The Morgan fingerprint density at radius 3 is 1.72 bits per heavy atom. The zero-order valence-electron chi connectivity index (χ0n) is 17.5. The third-order valence-electron chi connectivity index (χ3n) is 5.31. The molecule has 29 heavy (non-hydrogen) atoms. The molecule has 0 aliphatic heterocycles. The van der Waals surface area contributed by atoms with Crippen molar-refractivity contribution in [2.24, 2.45) is 5.73 Å². The summed E-state index contributed by atoms with van der Waals surface area (Å²) in [5.74, 6) is 0. The van der Waals surface area contributed by atoms with Gasteiger partial charge >= 0.3 is 6.18 Å². The van der Waals surface area contributed by atoms with Gasteiger partial charge in [-0.2, -0.15) is 13.2 Å². The molecule has 0 saturated heterocycles. The van der Waals surface area contributed by atoms with Crippen molar-refractivity contribution in [1.29, 1.82) is 0 Å². The van der Waals surface area contributed by atoms with Crippen molar-refractivity contribution < 1.29 is 17.6 Å². The van der Waals surface area contributed by atoms with Gasteiger partial charge in [-0.25, -0.2) is 0 Å². The van der Waals surface area contributed by atoms with Gasteiger partial charge in [0.1, 0.15) is 6.04 Å². The van der Waals surface area contributed by atoms with Crippen molar-refractivity contribution in [3.63, 3.8) is 0 Å². The number of benzene rings is 2. The molecule has 7 heteroatoms. The number of rotatable bonds is 8. The van der Waals surface area contributed by atoms with Crippen LogP contribution in [-0.4, -0.2) is 52.2 Å². The molecule has 0 amide bonds. The van der Waals surface area contributed by atoms with Crippen molar-refractivity contribution >= 4 is 18.7 Å². The standard InChI is InChI=1S/C22H31F3N2OSi/c1-21(2,3)29(18-11-7-5-8-12-18,19-13-9-6-10-14-19)28-16-15-27(4)20(17-26)22(23,24)25/h5-14,20H,15-17,26H2,1-4H3. The van der Waals surface area contributed by atoms with Gasteiger partial charge in [0.2, 0.25) is 0 Å². The number of halogens is 3. The first kappa shape index (κ1) is 23.6. The average Bonchev–Trinajstić information content (AvgIpc) is 2.65. The van der Waals surface area contributed by atoms with Crippen LogP contribution in [0, 0.1) is 0 Å². The molecular weight excluding hydrogens is 393 g/mol. The lowest BCUT2D eigenvalue weighted by atomic mass is 10.2. The van der Waals surface area contributed by atoms with E-state index in [-0.39, 0.29) is 18.2 Å². The van der Waals surface area contributed by atoms with Crippen molar-refractivity contribution in [3.8, 4) is 0 Å². The van der Waals surface area contributed by atoms with Gasteiger partial charge in [0.05, 0.1) is 0 Å². The number of likely N-dealkylation sites (N-methyl/N-ethyl adjacent to an activating group) is 1. The minimum Gasteiger partial charge on any atom is -0.406 e. The van der Waals surface area contributed by atoms with Crippen molar-refractivity contribution in [3.05, 3.63) is 60.7 Å². The monoisotopic (exact) mass is 424 g/mol. The number of hydrogen-bond donors (Lipinski definition) is 1. The lowest BCUT2D eigenvalue weighted by molar-refractivity contribution is -0.178. The van der Waals surface area contributed by atoms with Gasteiger partial charge in [0.25, 0.3) is 8.32 Å². The highest BCUT2D eigenvalue weighted by Gasteiger charge is 2.50. The van der Waals surface area contributed by atoms with E-state index in [1.54, 1.807) is 0 Å². The summed E-state index contributed by atoms with van der Waals surface area (Å²) in [5.41, 5.74) is 5.37. The molecule has 0 heterocycles. The molecule has 0 aliphatic rings. The smallest absolute Gasteiger partial charge is 0.405 e. The molecule has 2 N–H and O–H groups in total. The summed E-state index contributed by atoms with van der Waals surface area (Å²) in [5, 5.41) is 1.99. The molecule has 2 aromatic rings. The summed E-state index contributed by atoms with van der Waals surface area (Å²) < 4.78 is 46.2. The third kappa shape index (κ3) is 5.28. The van der Waals surface area contributed by atoms with Crippen LogP contribution in [0.15, 0.2) is 60.7 Å². The van der Waals surface area contributed by atoms with E-state index in [2.05, 4.69) is 45.0 Å². The van der Waals surface area contributed by atoms with Gasteiger partial charge < -0.3 is 10.2 Å².